The summed E-state index contributed by atoms with van der Waals surface area (Å²) in [5.41, 5.74) is 0.983. The van der Waals surface area contributed by atoms with Crippen LogP contribution in [0.25, 0.3) is 10.2 Å². The Morgan fingerprint density at radius 3 is 3.00 bits per heavy atom. The molecule has 0 radical (unpaired) electrons. The average Bonchev–Trinajstić information content (AvgIpc) is 2.75. The summed E-state index contributed by atoms with van der Waals surface area (Å²) in [4.78, 5) is 18.6. The van der Waals surface area contributed by atoms with E-state index < -0.39 is 0 Å². The largest absolute Gasteiger partial charge is 0.294 e. The van der Waals surface area contributed by atoms with Gasteiger partial charge < -0.3 is 0 Å². The van der Waals surface area contributed by atoms with Crippen molar-refractivity contribution < 1.29 is 0 Å². The van der Waals surface area contributed by atoms with E-state index in [9.17, 15) is 4.79 Å². The van der Waals surface area contributed by atoms with Crippen molar-refractivity contribution in [1.82, 2.24) is 9.55 Å². The van der Waals surface area contributed by atoms with Gasteiger partial charge in [0, 0.05) is 9.90 Å². The van der Waals surface area contributed by atoms with E-state index in [0.717, 1.165) is 15.3 Å². The monoisotopic (exact) mass is 290 g/mol. The first kappa shape index (κ1) is 12.4. The molecule has 2 aromatic heterocycles. The Morgan fingerprint density at radius 2 is 2.21 bits per heavy atom. The lowest BCUT2D eigenvalue weighted by molar-refractivity contribution is 0.749. The Kier molecular flexibility index (Phi) is 3.12. The summed E-state index contributed by atoms with van der Waals surface area (Å²) in [6.07, 6.45) is 1.60. The van der Waals surface area contributed by atoms with Crippen LogP contribution in [-0.4, -0.2) is 9.55 Å². The van der Waals surface area contributed by atoms with Gasteiger partial charge in [0.2, 0.25) is 0 Å². The van der Waals surface area contributed by atoms with E-state index in [4.69, 9.17) is 11.6 Å². The highest BCUT2D eigenvalue weighted by Crippen LogP contribution is 2.19. The van der Waals surface area contributed by atoms with Crippen LogP contribution in [0.2, 0.25) is 5.02 Å². The highest BCUT2D eigenvalue weighted by molar-refractivity contribution is 7.18. The lowest BCUT2D eigenvalue weighted by Gasteiger charge is -2.05. The van der Waals surface area contributed by atoms with Crippen molar-refractivity contribution in [2.75, 3.05) is 0 Å². The second-order valence-electron chi connectivity index (χ2n) is 4.38. The summed E-state index contributed by atoms with van der Waals surface area (Å²) in [6.45, 7) is 2.46. The minimum atomic E-state index is -0.00525. The first-order chi connectivity index (χ1) is 9.13. The van der Waals surface area contributed by atoms with Crippen LogP contribution in [0.1, 0.15) is 10.4 Å². The molecule has 3 rings (SSSR count). The third-order valence-corrected chi connectivity index (χ3v) is 4.08. The summed E-state index contributed by atoms with van der Waals surface area (Å²) < 4.78 is 1.61. The lowest BCUT2D eigenvalue weighted by atomic mass is 10.2. The molecule has 2 heterocycles. The minimum absolute atomic E-state index is 0.00525. The predicted octanol–water partition coefficient (Wildman–Crippen LogP) is 3.47. The molecule has 96 valence electrons. The fraction of sp³-hybridized carbons (Fsp3) is 0.143. The summed E-state index contributed by atoms with van der Waals surface area (Å²) in [7, 11) is 0. The molecule has 0 aliphatic carbocycles. The summed E-state index contributed by atoms with van der Waals surface area (Å²) in [6, 6.07) is 9.39. The molecule has 5 heteroatoms. The highest BCUT2D eigenvalue weighted by atomic mass is 35.5. The maximum Gasteiger partial charge on any atom is 0.262 e. The number of thiophene rings is 1. The second-order valence-corrected chi connectivity index (χ2v) is 6.05. The molecule has 3 nitrogen and oxygen atoms in total. The number of rotatable bonds is 2. The van der Waals surface area contributed by atoms with E-state index in [1.807, 2.05) is 37.3 Å². The van der Waals surface area contributed by atoms with Crippen molar-refractivity contribution in [2.45, 2.75) is 13.5 Å². The van der Waals surface area contributed by atoms with E-state index in [1.54, 1.807) is 10.9 Å². The Balaban J connectivity index is 2.06. The first-order valence-electron chi connectivity index (χ1n) is 5.83. The molecule has 0 spiro atoms. The van der Waals surface area contributed by atoms with Gasteiger partial charge in [0.15, 0.2) is 0 Å². The smallest absolute Gasteiger partial charge is 0.262 e. The number of hydrogen-bond acceptors (Lipinski definition) is 3. The van der Waals surface area contributed by atoms with Crippen LogP contribution in [0.4, 0.5) is 0 Å². The highest BCUT2D eigenvalue weighted by Gasteiger charge is 2.07. The van der Waals surface area contributed by atoms with Crippen LogP contribution in [0.15, 0.2) is 41.5 Å². The second kappa shape index (κ2) is 4.79. The average molecular weight is 291 g/mol. The van der Waals surface area contributed by atoms with Crippen LogP contribution < -0.4 is 5.56 Å². The molecule has 1 aromatic carbocycles. The van der Waals surface area contributed by atoms with Gasteiger partial charge in [-0.2, -0.15) is 0 Å². The third kappa shape index (κ3) is 2.41. The fourth-order valence-corrected chi connectivity index (χ4v) is 3.08. The number of halogens is 1. The molecule has 0 unspecified atom stereocenters. The molecular formula is C14H11ClN2OS. The molecule has 0 bridgehead atoms. The van der Waals surface area contributed by atoms with E-state index >= 15 is 0 Å². The molecular weight excluding hydrogens is 280 g/mol. The van der Waals surface area contributed by atoms with Crippen molar-refractivity contribution in [1.29, 1.82) is 0 Å². The quantitative estimate of drug-likeness (QED) is 0.724. The SMILES string of the molecule is Cc1cc2c(=O)n(Cc3cccc(Cl)c3)cnc2s1. The lowest BCUT2D eigenvalue weighted by Crippen LogP contribution is -2.20. The fourth-order valence-electron chi connectivity index (χ4n) is 2.02. The Labute approximate surface area is 119 Å². The van der Waals surface area contributed by atoms with Gasteiger partial charge in [-0.25, -0.2) is 4.98 Å². The molecule has 0 fully saturated rings. The van der Waals surface area contributed by atoms with Crippen LogP contribution in [0.5, 0.6) is 0 Å². The van der Waals surface area contributed by atoms with Crippen LogP contribution in [0.3, 0.4) is 0 Å². The van der Waals surface area contributed by atoms with Crippen molar-refractivity contribution in [3.8, 4) is 0 Å². The van der Waals surface area contributed by atoms with Gasteiger partial charge in [-0.3, -0.25) is 9.36 Å². The van der Waals surface area contributed by atoms with E-state index in [0.29, 0.717) is 17.0 Å². The standard InChI is InChI=1S/C14H11ClN2OS/c1-9-5-12-13(19-9)16-8-17(14(12)18)7-10-3-2-4-11(15)6-10/h2-6,8H,7H2,1H3. The van der Waals surface area contributed by atoms with E-state index in [1.165, 1.54) is 11.3 Å². The number of aromatic nitrogens is 2. The molecule has 3 aromatic rings. The Bertz CT molecular complexity index is 807. The maximum atomic E-state index is 12.3. The molecule has 19 heavy (non-hydrogen) atoms. The topological polar surface area (TPSA) is 34.9 Å². The van der Waals surface area contributed by atoms with Gasteiger partial charge >= 0.3 is 0 Å². The molecule has 0 aliphatic rings. The van der Waals surface area contributed by atoms with Crippen LogP contribution in [-0.2, 0) is 6.54 Å². The van der Waals surface area contributed by atoms with Crippen molar-refractivity contribution in [3.63, 3.8) is 0 Å². The zero-order chi connectivity index (χ0) is 13.4. The molecule has 0 aliphatic heterocycles. The van der Waals surface area contributed by atoms with Crippen LogP contribution in [0, 0.1) is 6.92 Å². The molecule has 0 amide bonds. The van der Waals surface area contributed by atoms with Crippen LogP contribution >= 0.6 is 22.9 Å². The van der Waals surface area contributed by atoms with E-state index in [-0.39, 0.29) is 5.56 Å². The summed E-state index contributed by atoms with van der Waals surface area (Å²) in [5.74, 6) is 0. The minimum Gasteiger partial charge on any atom is -0.294 e. The number of benzene rings is 1. The van der Waals surface area contributed by atoms with Gasteiger partial charge in [0.05, 0.1) is 18.3 Å². The van der Waals surface area contributed by atoms with Crippen molar-refractivity contribution >= 4 is 33.2 Å². The van der Waals surface area contributed by atoms with Gasteiger partial charge in [0.25, 0.3) is 5.56 Å². The number of aryl methyl sites for hydroxylation is 1. The first-order valence-corrected chi connectivity index (χ1v) is 7.03. The summed E-state index contributed by atoms with van der Waals surface area (Å²) in [5, 5.41) is 1.36. The molecule has 0 saturated carbocycles. The molecule has 0 atom stereocenters. The number of fused-ring (bicyclic) bond motifs is 1. The third-order valence-electron chi connectivity index (χ3n) is 2.88. The van der Waals surface area contributed by atoms with Gasteiger partial charge in [-0.05, 0) is 30.7 Å². The van der Waals surface area contributed by atoms with Gasteiger partial charge in [-0.1, -0.05) is 23.7 Å². The normalized spacial score (nSPS) is 11.1. The molecule has 0 N–H and O–H groups in total. The zero-order valence-electron chi connectivity index (χ0n) is 10.3. The number of nitrogens with zero attached hydrogens (tertiary/aromatic N) is 2. The van der Waals surface area contributed by atoms with Gasteiger partial charge in [-0.15, -0.1) is 11.3 Å². The van der Waals surface area contributed by atoms with Crippen molar-refractivity contribution in [3.05, 3.63) is 62.5 Å². The molecule has 0 saturated heterocycles. The maximum absolute atomic E-state index is 12.3. The summed E-state index contributed by atoms with van der Waals surface area (Å²) >= 11 is 7.49. The Morgan fingerprint density at radius 1 is 1.37 bits per heavy atom. The van der Waals surface area contributed by atoms with E-state index in [2.05, 4.69) is 4.98 Å². The van der Waals surface area contributed by atoms with Crippen molar-refractivity contribution in [2.24, 2.45) is 0 Å². The Hall–Kier alpha value is -1.65. The zero-order valence-corrected chi connectivity index (χ0v) is 11.8. The number of hydrogen-bond donors (Lipinski definition) is 0. The van der Waals surface area contributed by atoms with Gasteiger partial charge in [0.1, 0.15) is 4.83 Å². The predicted molar refractivity (Wildman–Crippen MR) is 79.2 cm³/mol.